The molecule has 3 heteroatoms. The van der Waals surface area contributed by atoms with Gasteiger partial charge in [0.25, 0.3) is 0 Å². The van der Waals surface area contributed by atoms with Crippen LogP contribution >= 0.6 is 0 Å². The summed E-state index contributed by atoms with van der Waals surface area (Å²) in [6.45, 7) is 3.70. The molecule has 0 aliphatic carbocycles. The Morgan fingerprint density at radius 2 is 2.45 bits per heavy atom. The molecule has 3 nitrogen and oxygen atoms in total. The summed E-state index contributed by atoms with van der Waals surface area (Å²) in [5.41, 5.74) is -0.255. The van der Waals surface area contributed by atoms with Crippen LogP contribution in [0.2, 0.25) is 0 Å². The number of ether oxygens (including phenoxy) is 1. The highest BCUT2D eigenvalue weighted by atomic mass is 16.5. The molecule has 1 atom stereocenters. The maximum atomic E-state index is 11.3. The number of rotatable bonds is 0. The fourth-order valence-corrected chi connectivity index (χ4v) is 1.90. The molecule has 62 valence electrons. The van der Waals surface area contributed by atoms with Crippen LogP contribution in [0.25, 0.3) is 0 Å². The molecule has 2 saturated heterocycles. The van der Waals surface area contributed by atoms with E-state index in [9.17, 15) is 4.79 Å². The minimum absolute atomic E-state index is 0.255. The van der Waals surface area contributed by atoms with Gasteiger partial charge in [0.1, 0.15) is 5.72 Å². The van der Waals surface area contributed by atoms with Gasteiger partial charge in [-0.2, -0.15) is 0 Å². The Bertz CT molecular complexity index is 193. The largest absolute Gasteiger partial charge is 0.356 e. The van der Waals surface area contributed by atoms with Crippen LogP contribution in [-0.4, -0.2) is 29.7 Å². The number of carbonyl (C=O) groups excluding carboxylic acids is 1. The number of nitrogens with zero attached hydrogens (tertiary/aromatic N) is 1. The van der Waals surface area contributed by atoms with E-state index in [4.69, 9.17) is 4.74 Å². The van der Waals surface area contributed by atoms with Crippen LogP contribution in [0.3, 0.4) is 0 Å². The molecule has 0 radical (unpaired) electrons. The molecule has 0 saturated carbocycles. The molecule has 2 heterocycles. The Hall–Kier alpha value is -0.570. The Labute approximate surface area is 66.3 Å². The zero-order valence-electron chi connectivity index (χ0n) is 6.80. The summed E-state index contributed by atoms with van der Waals surface area (Å²) in [4.78, 5) is 13.1. The normalized spacial score (nSPS) is 37.5. The van der Waals surface area contributed by atoms with E-state index in [1.54, 1.807) is 0 Å². The highest BCUT2D eigenvalue weighted by molar-refractivity contribution is 5.79. The predicted octanol–water partition coefficient (Wildman–Crippen LogP) is 0.745. The lowest BCUT2D eigenvalue weighted by Gasteiger charge is -2.39. The molecule has 2 aliphatic heterocycles. The smallest absolute Gasteiger partial charge is 0.224 e. The summed E-state index contributed by atoms with van der Waals surface area (Å²) >= 11 is 0. The SMILES string of the molecule is CC12CCC(=O)N1CCCO2. The van der Waals surface area contributed by atoms with E-state index in [0.717, 1.165) is 26.0 Å². The number of hydrogen-bond acceptors (Lipinski definition) is 2. The van der Waals surface area contributed by atoms with Crippen molar-refractivity contribution in [1.82, 2.24) is 4.90 Å². The average molecular weight is 155 g/mol. The van der Waals surface area contributed by atoms with Crippen LogP contribution in [0.5, 0.6) is 0 Å². The van der Waals surface area contributed by atoms with E-state index in [-0.39, 0.29) is 11.6 Å². The fourth-order valence-electron chi connectivity index (χ4n) is 1.90. The molecule has 0 aromatic heterocycles. The molecule has 2 aliphatic rings. The second-order valence-electron chi connectivity index (χ2n) is 3.42. The lowest BCUT2D eigenvalue weighted by atomic mass is 10.1. The van der Waals surface area contributed by atoms with Gasteiger partial charge in [-0.25, -0.2) is 0 Å². The van der Waals surface area contributed by atoms with Gasteiger partial charge in [-0.3, -0.25) is 4.79 Å². The van der Waals surface area contributed by atoms with Crippen molar-refractivity contribution in [2.45, 2.75) is 31.9 Å². The maximum absolute atomic E-state index is 11.3. The Morgan fingerprint density at radius 3 is 3.18 bits per heavy atom. The number of fused-ring (bicyclic) bond motifs is 1. The summed E-state index contributed by atoms with van der Waals surface area (Å²) < 4.78 is 5.56. The highest BCUT2D eigenvalue weighted by Crippen LogP contribution is 2.33. The lowest BCUT2D eigenvalue weighted by molar-refractivity contribution is -0.170. The number of amides is 1. The third-order valence-corrected chi connectivity index (χ3v) is 2.61. The molecule has 0 aromatic rings. The Balaban J connectivity index is 2.21. The van der Waals surface area contributed by atoms with Crippen molar-refractivity contribution in [1.29, 1.82) is 0 Å². The quantitative estimate of drug-likeness (QED) is 0.516. The fraction of sp³-hybridized carbons (Fsp3) is 0.875. The average Bonchev–Trinajstić information content (AvgIpc) is 2.29. The first kappa shape index (κ1) is 7.10. The standard InChI is InChI=1S/C8H13NO2/c1-8-4-3-7(10)9(8)5-2-6-11-8/h2-6H2,1H3. The van der Waals surface area contributed by atoms with Gasteiger partial charge in [0.2, 0.25) is 5.91 Å². The third-order valence-electron chi connectivity index (χ3n) is 2.61. The zero-order chi connectivity index (χ0) is 7.90. The minimum atomic E-state index is -0.255. The second-order valence-corrected chi connectivity index (χ2v) is 3.42. The van der Waals surface area contributed by atoms with Gasteiger partial charge in [-0.15, -0.1) is 0 Å². The molecule has 11 heavy (non-hydrogen) atoms. The van der Waals surface area contributed by atoms with Crippen LogP contribution < -0.4 is 0 Å². The van der Waals surface area contributed by atoms with Gasteiger partial charge in [-0.05, 0) is 13.3 Å². The summed E-state index contributed by atoms with van der Waals surface area (Å²) in [7, 11) is 0. The van der Waals surface area contributed by atoms with Crippen molar-refractivity contribution >= 4 is 5.91 Å². The van der Waals surface area contributed by atoms with Crippen molar-refractivity contribution in [3.05, 3.63) is 0 Å². The summed E-state index contributed by atoms with van der Waals surface area (Å²) in [6.07, 6.45) is 2.52. The van der Waals surface area contributed by atoms with E-state index in [1.165, 1.54) is 0 Å². The molecular formula is C8H13NO2. The second kappa shape index (κ2) is 2.21. The van der Waals surface area contributed by atoms with Gasteiger partial charge in [0.15, 0.2) is 0 Å². The van der Waals surface area contributed by atoms with Crippen LogP contribution in [0.1, 0.15) is 26.2 Å². The van der Waals surface area contributed by atoms with E-state index in [0.29, 0.717) is 6.42 Å². The third kappa shape index (κ3) is 0.948. The molecule has 0 bridgehead atoms. The lowest BCUT2D eigenvalue weighted by Crippen LogP contribution is -2.49. The van der Waals surface area contributed by atoms with E-state index >= 15 is 0 Å². The number of carbonyl (C=O) groups is 1. The first-order valence-corrected chi connectivity index (χ1v) is 4.17. The first-order chi connectivity index (χ1) is 5.22. The van der Waals surface area contributed by atoms with Gasteiger partial charge in [-0.1, -0.05) is 0 Å². The Kier molecular flexibility index (Phi) is 1.42. The maximum Gasteiger partial charge on any atom is 0.224 e. The van der Waals surface area contributed by atoms with Crippen LogP contribution in [0.4, 0.5) is 0 Å². The molecule has 2 rings (SSSR count). The first-order valence-electron chi connectivity index (χ1n) is 4.17. The van der Waals surface area contributed by atoms with Crippen molar-refractivity contribution in [3.63, 3.8) is 0 Å². The number of hydrogen-bond donors (Lipinski definition) is 0. The topological polar surface area (TPSA) is 29.5 Å². The molecule has 0 spiro atoms. The van der Waals surface area contributed by atoms with Gasteiger partial charge in [0.05, 0.1) is 6.61 Å². The summed E-state index contributed by atoms with van der Waals surface area (Å²) in [6, 6.07) is 0. The highest BCUT2D eigenvalue weighted by Gasteiger charge is 2.43. The van der Waals surface area contributed by atoms with E-state index < -0.39 is 0 Å². The Morgan fingerprint density at radius 1 is 1.64 bits per heavy atom. The summed E-state index contributed by atoms with van der Waals surface area (Å²) in [5.74, 6) is 0.257. The summed E-state index contributed by atoms with van der Waals surface area (Å²) in [5, 5.41) is 0. The van der Waals surface area contributed by atoms with E-state index in [1.807, 2.05) is 11.8 Å². The molecule has 2 fully saturated rings. The minimum Gasteiger partial charge on any atom is -0.356 e. The van der Waals surface area contributed by atoms with Gasteiger partial charge < -0.3 is 9.64 Å². The molecule has 1 unspecified atom stereocenters. The van der Waals surface area contributed by atoms with Crippen molar-refractivity contribution in [2.75, 3.05) is 13.2 Å². The van der Waals surface area contributed by atoms with Crippen molar-refractivity contribution in [2.24, 2.45) is 0 Å². The van der Waals surface area contributed by atoms with E-state index in [2.05, 4.69) is 0 Å². The zero-order valence-corrected chi connectivity index (χ0v) is 6.80. The molecule has 0 N–H and O–H groups in total. The molecule has 1 amide bonds. The van der Waals surface area contributed by atoms with Gasteiger partial charge >= 0.3 is 0 Å². The molecule has 0 aromatic carbocycles. The molecular weight excluding hydrogens is 142 g/mol. The van der Waals surface area contributed by atoms with Crippen LogP contribution in [-0.2, 0) is 9.53 Å². The van der Waals surface area contributed by atoms with Crippen LogP contribution in [0.15, 0.2) is 0 Å². The van der Waals surface area contributed by atoms with Crippen molar-refractivity contribution in [3.8, 4) is 0 Å². The predicted molar refractivity (Wildman–Crippen MR) is 39.9 cm³/mol. The monoisotopic (exact) mass is 155 g/mol. The van der Waals surface area contributed by atoms with Crippen LogP contribution in [0, 0.1) is 0 Å². The van der Waals surface area contributed by atoms with Crippen molar-refractivity contribution < 1.29 is 9.53 Å². The van der Waals surface area contributed by atoms with Gasteiger partial charge in [0, 0.05) is 19.4 Å².